The highest BCUT2D eigenvalue weighted by molar-refractivity contribution is 7.47. The summed E-state index contributed by atoms with van der Waals surface area (Å²) in [6.07, 6.45) is 54.9. The molecule has 63 heavy (non-hydrogen) atoms. The van der Waals surface area contributed by atoms with Crippen molar-refractivity contribution >= 4 is 25.7 Å². The van der Waals surface area contributed by atoms with E-state index in [0.717, 1.165) is 103 Å². The Balaban J connectivity index is 3.88. The molecule has 0 rings (SSSR count). The third kappa shape index (κ3) is 45.3. The lowest BCUT2D eigenvalue weighted by Gasteiger charge is -2.18. The molecule has 12 heteroatoms. The molecule has 0 bridgehead atoms. The van der Waals surface area contributed by atoms with Gasteiger partial charge in [0.25, 0.3) is 0 Å². The number of phosphoric ester groups is 1. The van der Waals surface area contributed by atoms with Gasteiger partial charge < -0.3 is 25.2 Å². The van der Waals surface area contributed by atoms with Crippen LogP contribution in [0.2, 0.25) is 0 Å². The summed E-state index contributed by atoms with van der Waals surface area (Å²) in [5.41, 5.74) is 0. The SMILES string of the molecule is CC/C=C\C/C=C\C/C=C\C/C=C\C/C=C\CCCCCCCCCC(=O)OCC(O)COP(=O)(O)OCC(NC(=O)CCCCCCC/C=C\CCCCCCCCC)C(=O)O. The number of allylic oxidation sites excluding steroid dienone is 12. The molecule has 362 valence electrons. The lowest BCUT2D eigenvalue weighted by Crippen LogP contribution is -2.43. The van der Waals surface area contributed by atoms with E-state index >= 15 is 0 Å². The number of hydrogen-bond donors (Lipinski definition) is 4. The van der Waals surface area contributed by atoms with Gasteiger partial charge in [-0.05, 0) is 83.5 Å². The van der Waals surface area contributed by atoms with Crippen molar-refractivity contribution in [2.45, 2.75) is 212 Å². The number of hydrogen-bond acceptors (Lipinski definition) is 8. The number of aliphatic hydroxyl groups is 1. The van der Waals surface area contributed by atoms with E-state index in [1.165, 1.54) is 57.8 Å². The van der Waals surface area contributed by atoms with Crippen LogP contribution < -0.4 is 5.32 Å². The average molecular weight is 906 g/mol. The van der Waals surface area contributed by atoms with E-state index in [9.17, 15) is 34.1 Å². The maximum absolute atomic E-state index is 12.3. The third-order valence-electron chi connectivity index (χ3n) is 10.2. The van der Waals surface area contributed by atoms with Crippen LogP contribution in [0.4, 0.5) is 0 Å². The molecule has 0 fully saturated rings. The lowest BCUT2D eigenvalue weighted by molar-refractivity contribution is -0.147. The highest BCUT2D eigenvalue weighted by Gasteiger charge is 2.28. The number of ether oxygens (including phenoxy) is 1. The Morgan fingerprint density at radius 3 is 1.40 bits per heavy atom. The van der Waals surface area contributed by atoms with Crippen molar-refractivity contribution in [3.05, 3.63) is 72.9 Å². The monoisotopic (exact) mass is 906 g/mol. The first-order valence-corrected chi connectivity index (χ1v) is 26.0. The summed E-state index contributed by atoms with van der Waals surface area (Å²) in [4.78, 5) is 46.0. The number of carboxylic acids is 1. The molecule has 11 nitrogen and oxygen atoms in total. The average Bonchev–Trinajstić information content (AvgIpc) is 3.26. The van der Waals surface area contributed by atoms with Crippen LogP contribution in [0, 0.1) is 0 Å². The van der Waals surface area contributed by atoms with Crippen molar-refractivity contribution < 1.29 is 47.8 Å². The fraction of sp³-hybridized carbons (Fsp3) is 0.706. The van der Waals surface area contributed by atoms with Crippen molar-refractivity contribution in [3.63, 3.8) is 0 Å². The van der Waals surface area contributed by atoms with Gasteiger partial charge >= 0.3 is 19.8 Å². The number of aliphatic hydroxyl groups excluding tert-OH is 1. The van der Waals surface area contributed by atoms with Gasteiger partial charge in [-0.3, -0.25) is 18.6 Å². The molecule has 0 aromatic heterocycles. The highest BCUT2D eigenvalue weighted by Crippen LogP contribution is 2.43. The second-order valence-corrected chi connectivity index (χ2v) is 17.7. The number of rotatable bonds is 45. The fourth-order valence-electron chi connectivity index (χ4n) is 6.45. The number of esters is 1. The molecule has 0 aliphatic rings. The number of unbranched alkanes of at least 4 members (excludes halogenated alkanes) is 19. The molecule has 0 saturated carbocycles. The van der Waals surface area contributed by atoms with Crippen molar-refractivity contribution in [2.24, 2.45) is 0 Å². The van der Waals surface area contributed by atoms with Crippen LogP contribution in [0.5, 0.6) is 0 Å². The first kappa shape index (κ1) is 59.9. The van der Waals surface area contributed by atoms with Gasteiger partial charge in [0.15, 0.2) is 6.04 Å². The Morgan fingerprint density at radius 1 is 0.524 bits per heavy atom. The molecule has 0 aliphatic heterocycles. The fourth-order valence-corrected chi connectivity index (χ4v) is 7.23. The molecule has 0 heterocycles. The van der Waals surface area contributed by atoms with E-state index in [2.05, 4.69) is 92.1 Å². The standard InChI is InChI=1S/C51H88NO10P/c1-3-5-7-9-11-13-15-17-19-21-22-23-24-25-26-27-29-31-33-35-37-39-41-43-50(55)60-44-47(53)45-61-63(58,59)62-46-48(51(56)57)52-49(54)42-40-38-36-34-32-30-28-20-18-16-14-12-10-8-6-4-2/h5,7,11,13,17,19-20,22-23,25-26,28,47-48,53H,3-4,6,8-10,12,14-16,18,21,24,27,29-46H2,1-2H3,(H,52,54)(H,56,57)(H,58,59)/b7-5-,13-11-,19-17-,23-22-,26-25-,28-20-. The first-order chi connectivity index (χ1) is 30.6. The number of amides is 1. The predicted octanol–water partition coefficient (Wildman–Crippen LogP) is 13.3. The van der Waals surface area contributed by atoms with Gasteiger partial charge in [0.2, 0.25) is 5.91 Å². The van der Waals surface area contributed by atoms with Crippen LogP contribution in [-0.4, -0.2) is 64.9 Å². The Hall–Kier alpha value is -3.08. The smallest absolute Gasteiger partial charge is 0.472 e. The second-order valence-electron chi connectivity index (χ2n) is 16.3. The van der Waals surface area contributed by atoms with Gasteiger partial charge in [0, 0.05) is 12.8 Å². The highest BCUT2D eigenvalue weighted by atomic mass is 31.2. The summed E-state index contributed by atoms with van der Waals surface area (Å²) in [6.45, 7) is 2.47. The minimum atomic E-state index is -4.77. The quantitative estimate of drug-likeness (QED) is 0.0200. The Bertz CT molecular complexity index is 1340. The minimum Gasteiger partial charge on any atom is -0.480 e. The second kappa shape index (κ2) is 45.5. The number of nitrogens with one attached hydrogen (secondary N) is 1. The Kier molecular flexibility index (Phi) is 43.3. The molecule has 0 aliphatic carbocycles. The molecule has 0 aromatic rings. The summed E-state index contributed by atoms with van der Waals surface area (Å²) in [7, 11) is -4.77. The Morgan fingerprint density at radius 2 is 0.921 bits per heavy atom. The molecule has 0 saturated heterocycles. The number of carbonyl (C=O) groups is 3. The number of carbonyl (C=O) groups excluding carboxylic acids is 2. The van der Waals surface area contributed by atoms with Gasteiger partial charge in [0.1, 0.15) is 12.7 Å². The van der Waals surface area contributed by atoms with Crippen molar-refractivity contribution in [3.8, 4) is 0 Å². The molecule has 0 spiro atoms. The summed E-state index contributed by atoms with van der Waals surface area (Å²) in [5, 5.41) is 21.9. The molecule has 0 radical (unpaired) electrons. The maximum atomic E-state index is 12.3. The third-order valence-corrected chi connectivity index (χ3v) is 11.2. The van der Waals surface area contributed by atoms with Crippen molar-refractivity contribution in [1.82, 2.24) is 5.32 Å². The number of phosphoric acid groups is 1. The summed E-state index contributed by atoms with van der Waals surface area (Å²) in [6, 6.07) is -1.56. The summed E-state index contributed by atoms with van der Waals surface area (Å²) < 4.78 is 26.9. The van der Waals surface area contributed by atoms with Gasteiger partial charge in [0.05, 0.1) is 13.2 Å². The van der Waals surface area contributed by atoms with Crippen LogP contribution in [-0.2, 0) is 32.7 Å². The summed E-state index contributed by atoms with van der Waals surface area (Å²) >= 11 is 0. The van der Waals surface area contributed by atoms with Gasteiger partial charge in [-0.25, -0.2) is 9.36 Å². The number of carboxylic acid groups (broad SMARTS) is 1. The van der Waals surface area contributed by atoms with Gasteiger partial charge in [-0.15, -0.1) is 0 Å². The summed E-state index contributed by atoms with van der Waals surface area (Å²) in [5.74, 6) is -2.40. The van der Waals surface area contributed by atoms with Gasteiger partial charge in [-0.1, -0.05) is 177 Å². The van der Waals surface area contributed by atoms with E-state index in [4.69, 9.17) is 13.8 Å². The van der Waals surface area contributed by atoms with E-state index in [0.29, 0.717) is 12.8 Å². The zero-order chi connectivity index (χ0) is 46.3. The van der Waals surface area contributed by atoms with E-state index in [1.807, 2.05) is 0 Å². The zero-order valence-electron chi connectivity index (χ0n) is 39.4. The predicted molar refractivity (Wildman–Crippen MR) is 258 cm³/mol. The van der Waals surface area contributed by atoms with E-state index in [-0.39, 0.29) is 12.8 Å². The van der Waals surface area contributed by atoms with Crippen LogP contribution in [0.15, 0.2) is 72.9 Å². The zero-order valence-corrected chi connectivity index (χ0v) is 40.3. The van der Waals surface area contributed by atoms with Crippen LogP contribution in [0.1, 0.15) is 200 Å². The molecular formula is C51H88NO10P. The topological polar surface area (TPSA) is 169 Å². The van der Waals surface area contributed by atoms with Crippen LogP contribution in [0.25, 0.3) is 0 Å². The molecular weight excluding hydrogens is 818 g/mol. The first-order valence-electron chi connectivity index (χ1n) is 24.5. The van der Waals surface area contributed by atoms with Gasteiger partial charge in [-0.2, -0.15) is 0 Å². The van der Waals surface area contributed by atoms with E-state index < -0.39 is 57.6 Å². The maximum Gasteiger partial charge on any atom is 0.472 e. The van der Waals surface area contributed by atoms with Crippen molar-refractivity contribution in [2.75, 3.05) is 19.8 Å². The molecule has 3 unspecified atom stereocenters. The van der Waals surface area contributed by atoms with Crippen LogP contribution in [0.3, 0.4) is 0 Å². The lowest BCUT2D eigenvalue weighted by atomic mass is 10.1. The Labute approximate surface area is 382 Å². The molecule has 0 aromatic carbocycles. The minimum absolute atomic E-state index is 0.133. The van der Waals surface area contributed by atoms with Crippen LogP contribution >= 0.6 is 7.82 Å². The largest absolute Gasteiger partial charge is 0.480 e. The van der Waals surface area contributed by atoms with Crippen molar-refractivity contribution in [1.29, 1.82) is 0 Å². The van der Waals surface area contributed by atoms with E-state index in [1.54, 1.807) is 0 Å². The molecule has 4 N–H and O–H groups in total. The normalized spacial score (nSPS) is 14.2. The molecule has 3 atom stereocenters. The molecule has 1 amide bonds. The number of aliphatic carboxylic acids is 1.